The molecule has 0 aromatic heterocycles. The average molecular weight is 1020 g/mol. The summed E-state index contributed by atoms with van der Waals surface area (Å²) in [7, 11) is 1.28. The van der Waals surface area contributed by atoms with Crippen LogP contribution >= 0.6 is 7.82 Å². The van der Waals surface area contributed by atoms with Crippen LogP contribution in [0.15, 0.2) is 24.3 Å². The Hall–Kier alpha value is -1.02. The number of quaternary nitrogens is 1. The van der Waals surface area contributed by atoms with E-state index in [4.69, 9.17) is 9.05 Å². The molecule has 0 rings (SSSR count). The Morgan fingerprint density at radius 1 is 0.479 bits per heavy atom. The number of nitrogens with zero attached hydrogens (tertiary/aromatic N) is 1. The van der Waals surface area contributed by atoms with Crippen LogP contribution in [0.3, 0.4) is 0 Å². The van der Waals surface area contributed by atoms with Gasteiger partial charge in [0.15, 0.2) is 0 Å². The Morgan fingerprint density at radius 2 is 0.775 bits per heavy atom. The number of allylic oxidation sites excluding steroid dienone is 3. The second-order valence-electron chi connectivity index (χ2n) is 22.8. The van der Waals surface area contributed by atoms with Crippen molar-refractivity contribution in [2.75, 3.05) is 40.9 Å². The molecule has 0 aliphatic rings. The molecule has 0 saturated heterocycles. The number of phosphoric acid groups is 1. The van der Waals surface area contributed by atoms with Gasteiger partial charge in [0.05, 0.1) is 39.9 Å². The van der Waals surface area contributed by atoms with E-state index < -0.39 is 20.0 Å². The van der Waals surface area contributed by atoms with Crippen LogP contribution in [-0.4, -0.2) is 68.5 Å². The van der Waals surface area contributed by atoms with Crippen molar-refractivity contribution < 1.29 is 32.9 Å². The van der Waals surface area contributed by atoms with Crippen molar-refractivity contribution in [3.05, 3.63) is 24.3 Å². The van der Waals surface area contributed by atoms with Crippen LogP contribution in [-0.2, 0) is 18.4 Å². The highest BCUT2D eigenvalue weighted by Crippen LogP contribution is 2.38. The molecule has 0 heterocycles. The summed E-state index contributed by atoms with van der Waals surface area (Å²) in [5, 5.41) is 13.9. The Bertz CT molecular complexity index is 1210. The summed E-state index contributed by atoms with van der Waals surface area (Å²) in [6.07, 6.45) is 68.4. The fourth-order valence-electron chi connectivity index (χ4n) is 9.50. The second-order valence-corrected chi connectivity index (χ2v) is 24.2. The van der Waals surface area contributed by atoms with E-state index in [-0.39, 0.29) is 19.1 Å². The minimum absolute atomic E-state index is 0.00132. The van der Waals surface area contributed by atoms with Crippen LogP contribution < -0.4 is 10.2 Å². The first-order valence-electron chi connectivity index (χ1n) is 31.2. The summed E-state index contributed by atoms with van der Waals surface area (Å²) < 4.78 is 23.4. The number of carbonyl (C=O) groups is 1. The summed E-state index contributed by atoms with van der Waals surface area (Å²) in [4.78, 5) is 25.5. The van der Waals surface area contributed by atoms with Crippen LogP contribution in [0, 0.1) is 0 Å². The molecule has 3 atom stereocenters. The third kappa shape index (κ3) is 56.5. The SMILES string of the molecule is CCCCCCCCCCCCCC/C=C\CCCCCCCCCCCCCCCCCC(=O)NC(COP(=O)([O-])OCC[N+](C)(C)C)C(O)/C=C/CCCCCCCCCCCCCCCCCC. The van der Waals surface area contributed by atoms with Gasteiger partial charge in [-0.15, -0.1) is 0 Å². The summed E-state index contributed by atoms with van der Waals surface area (Å²) in [6, 6.07) is -0.884. The van der Waals surface area contributed by atoms with Gasteiger partial charge < -0.3 is 28.8 Å². The number of unbranched alkanes of at least 4 members (excludes halogenated alkanes) is 43. The van der Waals surface area contributed by atoms with E-state index in [1.807, 2.05) is 27.2 Å². The van der Waals surface area contributed by atoms with Gasteiger partial charge in [0.25, 0.3) is 7.82 Å². The van der Waals surface area contributed by atoms with Gasteiger partial charge in [-0.05, 0) is 44.9 Å². The summed E-state index contributed by atoms with van der Waals surface area (Å²) in [5.74, 6) is -0.192. The fourth-order valence-corrected chi connectivity index (χ4v) is 10.2. The van der Waals surface area contributed by atoms with Gasteiger partial charge >= 0.3 is 0 Å². The molecule has 0 aromatic carbocycles. The first-order valence-corrected chi connectivity index (χ1v) is 32.7. The number of likely N-dealkylation sites (N-methyl/N-ethyl adjacent to an activating group) is 1. The zero-order valence-corrected chi connectivity index (χ0v) is 49.1. The third-order valence-corrected chi connectivity index (χ3v) is 15.4. The van der Waals surface area contributed by atoms with Crippen LogP contribution in [0.5, 0.6) is 0 Å². The molecule has 422 valence electrons. The monoisotopic (exact) mass is 1020 g/mol. The maximum absolute atomic E-state index is 13.0. The molecule has 8 nitrogen and oxygen atoms in total. The predicted octanol–water partition coefficient (Wildman–Crippen LogP) is 18.5. The second kappa shape index (κ2) is 53.8. The van der Waals surface area contributed by atoms with Crippen LogP contribution in [0.25, 0.3) is 0 Å². The summed E-state index contributed by atoms with van der Waals surface area (Å²) in [6.45, 7) is 4.70. The number of hydrogen-bond donors (Lipinski definition) is 2. The molecule has 1 amide bonds. The van der Waals surface area contributed by atoms with E-state index >= 15 is 0 Å². The van der Waals surface area contributed by atoms with Crippen molar-refractivity contribution in [2.45, 2.75) is 328 Å². The van der Waals surface area contributed by atoms with E-state index in [2.05, 4.69) is 31.3 Å². The molecule has 0 saturated carbocycles. The molecule has 0 fully saturated rings. The number of nitrogens with one attached hydrogen (secondary N) is 1. The normalized spacial score (nSPS) is 14.0. The molecule has 0 aliphatic heterocycles. The van der Waals surface area contributed by atoms with Gasteiger partial charge in [0.2, 0.25) is 5.91 Å². The van der Waals surface area contributed by atoms with Crippen molar-refractivity contribution >= 4 is 13.7 Å². The molecule has 2 N–H and O–H groups in total. The Labute approximate surface area is 443 Å². The lowest BCUT2D eigenvalue weighted by Gasteiger charge is -2.29. The highest BCUT2D eigenvalue weighted by atomic mass is 31.2. The zero-order valence-electron chi connectivity index (χ0n) is 48.2. The molecule has 3 unspecified atom stereocenters. The minimum atomic E-state index is -4.60. The fraction of sp³-hybridized carbons (Fsp3) is 0.919. The minimum Gasteiger partial charge on any atom is -0.756 e. The first-order chi connectivity index (χ1) is 34.5. The van der Waals surface area contributed by atoms with Crippen molar-refractivity contribution in [3.8, 4) is 0 Å². The van der Waals surface area contributed by atoms with Crippen LogP contribution in [0.4, 0.5) is 0 Å². The van der Waals surface area contributed by atoms with E-state index in [1.165, 1.54) is 257 Å². The van der Waals surface area contributed by atoms with E-state index in [9.17, 15) is 19.4 Å². The van der Waals surface area contributed by atoms with Crippen molar-refractivity contribution in [2.24, 2.45) is 0 Å². The molecule has 0 bridgehead atoms. The van der Waals surface area contributed by atoms with Gasteiger partial charge in [0.1, 0.15) is 13.2 Å². The molecular formula is C62H123N2O6P. The van der Waals surface area contributed by atoms with E-state index in [0.717, 1.165) is 38.5 Å². The maximum Gasteiger partial charge on any atom is 0.268 e. The van der Waals surface area contributed by atoms with E-state index in [1.54, 1.807) is 6.08 Å². The van der Waals surface area contributed by atoms with Crippen LogP contribution in [0.1, 0.15) is 316 Å². The van der Waals surface area contributed by atoms with Gasteiger partial charge in [-0.1, -0.05) is 289 Å². The largest absolute Gasteiger partial charge is 0.756 e. The number of amides is 1. The number of hydrogen-bond acceptors (Lipinski definition) is 6. The lowest BCUT2D eigenvalue weighted by atomic mass is 10.0. The van der Waals surface area contributed by atoms with Gasteiger partial charge in [-0.2, -0.15) is 0 Å². The topological polar surface area (TPSA) is 108 Å². The average Bonchev–Trinajstić information content (AvgIpc) is 3.33. The van der Waals surface area contributed by atoms with E-state index in [0.29, 0.717) is 17.4 Å². The molecular weight excluding hydrogens is 900 g/mol. The number of aliphatic hydroxyl groups is 1. The molecule has 71 heavy (non-hydrogen) atoms. The smallest absolute Gasteiger partial charge is 0.268 e. The van der Waals surface area contributed by atoms with Gasteiger partial charge in [-0.3, -0.25) is 9.36 Å². The van der Waals surface area contributed by atoms with Crippen molar-refractivity contribution in [3.63, 3.8) is 0 Å². The summed E-state index contributed by atoms with van der Waals surface area (Å²) in [5.41, 5.74) is 0. The molecule has 0 radical (unpaired) electrons. The number of carbonyl (C=O) groups excluding carboxylic acids is 1. The molecule has 0 aromatic rings. The number of rotatable bonds is 58. The predicted molar refractivity (Wildman–Crippen MR) is 307 cm³/mol. The highest BCUT2D eigenvalue weighted by Gasteiger charge is 2.23. The third-order valence-electron chi connectivity index (χ3n) is 14.4. The van der Waals surface area contributed by atoms with Crippen molar-refractivity contribution in [1.29, 1.82) is 0 Å². The molecule has 0 aliphatic carbocycles. The van der Waals surface area contributed by atoms with Crippen molar-refractivity contribution in [1.82, 2.24) is 5.32 Å². The summed E-state index contributed by atoms with van der Waals surface area (Å²) >= 11 is 0. The Morgan fingerprint density at radius 3 is 1.10 bits per heavy atom. The van der Waals surface area contributed by atoms with Crippen LogP contribution in [0.2, 0.25) is 0 Å². The lowest BCUT2D eigenvalue weighted by Crippen LogP contribution is -2.45. The number of aliphatic hydroxyl groups excluding tert-OH is 1. The first kappa shape index (κ1) is 70.0. The van der Waals surface area contributed by atoms with Gasteiger partial charge in [-0.25, -0.2) is 0 Å². The number of phosphoric ester groups is 1. The molecule has 9 heteroatoms. The lowest BCUT2D eigenvalue weighted by molar-refractivity contribution is -0.870. The van der Waals surface area contributed by atoms with Gasteiger partial charge in [0, 0.05) is 6.42 Å². The maximum atomic E-state index is 13.0. The zero-order chi connectivity index (χ0) is 52.0. The quantitative estimate of drug-likeness (QED) is 0.0272. The highest BCUT2D eigenvalue weighted by molar-refractivity contribution is 7.45. The molecule has 0 spiro atoms. The Kier molecular flexibility index (Phi) is 53.0. The Balaban J connectivity index is 4.06. The standard InChI is InChI=1S/C62H123N2O6P/c1-6-8-10-12-14-16-18-20-22-24-26-27-28-29-30-31-32-33-34-35-36-37-38-40-42-44-46-48-50-52-54-56-62(66)63-60(59-70-71(67,68)69-58-57-64(3,4)5)61(65)55-53-51-49-47-45-43-41-39-25-23-21-19-17-15-13-11-9-7-2/h29-30,53,55,60-61,65H,6-28,31-52,54,56-59H2,1-5H3,(H-,63,66,67,68)/b30-29-,55-53+.